The van der Waals surface area contributed by atoms with Crippen molar-refractivity contribution in [2.24, 2.45) is 0 Å². The van der Waals surface area contributed by atoms with Crippen LogP contribution >= 0.6 is 0 Å². The van der Waals surface area contributed by atoms with E-state index in [1.165, 1.54) is 6.42 Å². The second-order valence-corrected chi connectivity index (χ2v) is 16.3. The van der Waals surface area contributed by atoms with Crippen LogP contribution in [0.4, 0.5) is 0 Å². The molecule has 0 amide bonds. The standard InChI is InChI=1S/C49H80O12S/c1-3-5-7-9-11-13-15-17-19-21-22-23-24-26-28-30-32-34-36-38-45(51)59-43(42-58-49-47(53)48(61-62(54,55)56)46(52)44(40-50)60-49)41-57-39-37-35-33-31-29-27-25-20-18-16-14-12-10-8-6-4-2/h5-8,11-14,17-20,22-23,26,28,43-44,46-50,52-53H,3-4,9-10,15-16,21,24-25,27,29-42H2,1-2H3,(H,54,55,56)/b7-5-,8-6-,13-11-,14-12-,19-17-,20-18-,23-22-,28-26-. The Labute approximate surface area is 374 Å². The summed E-state index contributed by atoms with van der Waals surface area (Å²) in [6.07, 6.45) is 44.4. The molecule has 1 saturated heterocycles. The third kappa shape index (κ3) is 32.7. The molecule has 13 heteroatoms. The lowest BCUT2D eigenvalue weighted by Gasteiger charge is -2.41. The minimum atomic E-state index is -5.08. The van der Waals surface area contributed by atoms with Crippen molar-refractivity contribution in [3.8, 4) is 0 Å². The molecule has 1 rings (SSSR count). The maximum absolute atomic E-state index is 12.9. The van der Waals surface area contributed by atoms with Crippen LogP contribution in [0.25, 0.3) is 0 Å². The van der Waals surface area contributed by atoms with E-state index in [1.807, 2.05) is 0 Å². The SMILES string of the molecule is CC/C=C\C/C=C\C/C=C\C/C=C\C/C=C\CCCCCC(=O)OC(COCCCCCCCC/C=C\C/C=C\C/C=C\CC)COC1OC(CO)C(O)C(OS(=O)(=O)O)C1O. The molecule has 6 unspecified atom stereocenters. The first-order valence-electron chi connectivity index (χ1n) is 23.0. The largest absolute Gasteiger partial charge is 0.457 e. The monoisotopic (exact) mass is 893 g/mol. The second kappa shape index (κ2) is 39.6. The first-order chi connectivity index (χ1) is 30.1. The van der Waals surface area contributed by atoms with Crippen molar-refractivity contribution in [2.75, 3.05) is 26.4 Å². The van der Waals surface area contributed by atoms with Gasteiger partial charge in [0, 0.05) is 13.0 Å². The number of hydrogen-bond donors (Lipinski definition) is 4. The van der Waals surface area contributed by atoms with Crippen LogP contribution in [-0.2, 0) is 38.3 Å². The van der Waals surface area contributed by atoms with Crippen LogP contribution in [0.3, 0.4) is 0 Å². The maximum atomic E-state index is 12.9. The zero-order valence-corrected chi connectivity index (χ0v) is 38.5. The van der Waals surface area contributed by atoms with E-state index in [4.69, 9.17) is 23.5 Å². The van der Waals surface area contributed by atoms with Crippen LogP contribution in [0.1, 0.15) is 142 Å². The summed E-state index contributed by atoms with van der Waals surface area (Å²) < 4.78 is 59.0. The summed E-state index contributed by atoms with van der Waals surface area (Å²) in [5.41, 5.74) is 0. The fourth-order valence-corrected chi connectivity index (χ4v) is 6.81. The second-order valence-electron chi connectivity index (χ2n) is 15.2. The highest BCUT2D eigenvalue weighted by Crippen LogP contribution is 2.26. The molecule has 0 saturated carbocycles. The molecule has 1 heterocycles. The van der Waals surface area contributed by atoms with E-state index in [0.29, 0.717) is 13.0 Å². The summed E-state index contributed by atoms with van der Waals surface area (Å²) in [6, 6.07) is 0. The van der Waals surface area contributed by atoms with Gasteiger partial charge in [0.15, 0.2) is 6.29 Å². The molecule has 1 aliphatic rings. The number of esters is 1. The average molecular weight is 893 g/mol. The minimum Gasteiger partial charge on any atom is -0.457 e. The number of aliphatic hydroxyl groups excluding tert-OH is 3. The Kier molecular flexibility index (Phi) is 36.4. The topological polar surface area (TPSA) is 178 Å². The molecular formula is C49H80O12S. The number of allylic oxidation sites excluding steroid dienone is 16. The van der Waals surface area contributed by atoms with Gasteiger partial charge in [-0.05, 0) is 89.9 Å². The molecule has 0 spiro atoms. The van der Waals surface area contributed by atoms with Gasteiger partial charge in [0.1, 0.15) is 30.5 Å². The van der Waals surface area contributed by atoms with Crippen molar-refractivity contribution in [1.29, 1.82) is 0 Å². The molecule has 6 atom stereocenters. The van der Waals surface area contributed by atoms with Gasteiger partial charge in [0.2, 0.25) is 0 Å². The molecule has 0 aromatic rings. The zero-order chi connectivity index (χ0) is 45.4. The third-order valence-electron chi connectivity index (χ3n) is 9.70. The predicted molar refractivity (Wildman–Crippen MR) is 248 cm³/mol. The average Bonchev–Trinajstić information content (AvgIpc) is 3.24. The normalized spacial score (nSPS) is 20.9. The van der Waals surface area contributed by atoms with Gasteiger partial charge in [-0.15, -0.1) is 0 Å². The first-order valence-corrected chi connectivity index (χ1v) is 24.4. The van der Waals surface area contributed by atoms with E-state index in [1.54, 1.807) is 0 Å². The van der Waals surface area contributed by atoms with Crippen molar-refractivity contribution in [3.63, 3.8) is 0 Å². The molecule has 0 aromatic carbocycles. The summed E-state index contributed by atoms with van der Waals surface area (Å²) in [5, 5.41) is 30.7. The molecule has 0 aromatic heterocycles. The molecule has 0 bridgehead atoms. The summed E-state index contributed by atoms with van der Waals surface area (Å²) in [4.78, 5) is 12.9. The van der Waals surface area contributed by atoms with Crippen LogP contribution in [0.15, 0.2) is 97.2 Å². The molecule has 1 fully saturated rings. The fourth-order valence-electron chi connectivity index (χ4n) is 6.30. The van der Waals surface area contributed by atoms with Gasteiger partial charge in [0.25, 0.3) is 0 Å². The summed E-state index contributed by atoms with van der Waals surface area (Å²) >= 11 is 0. The van der Waals surface area contributed by atoms with Gasteiger partial charge < -0.3 is 34.3 Å². The lowest BCUT2D eigenvalue weighted by atomic mass is 9.99. The van der Waals surface area contributed by atoms with Crippen molar-refractivity contribution in [2.45, 2.75) is 179 Å². The Balaban J connectivity index is 2.47. The molecule has 354 valence electrons. The smallest absolute Gasteiger partial charge is 0.397 e. The van der Waals surface area contributed by atoms with E-state index in [9.17, 15) is 28.5 Å². The maximum Gasteiger partial charge on any atom is 0.397 e. The number of carbonyl (C=O) groups excluding carboxylic acids is 1. The Morgan fingerprint density at radius 1 is 0.613 bits per heavy atom. The summed E-state index contributed by atoms with van der Waals surface area (Å²) in [5.74, 6) is -0.440. The van der Waals surface area contributed by atoms with Crippen molar-refractivity contribution < 1.29 is 56.2 Å². The van der Waals surface area contributed by atoms with E-state index in [0.717, 1.165) is 109 Å². The highest BCUT2D eigenvalue weighted by Gasteiger charge is 2.48. The molecular weight excluding hydrogens is 813 g/mol. The number of unbranched alkanes of at least 4 members (excludes halogenated alkanes) is 9. The lowest BCUT2D eigenvalue weighted by Crippen LogP contribution is -2.60. The summed E-state index contributed by atoms with van der Waals surface area (Å²) in [6.45, 7) is 3.66. The predicted octanol–water partition coefficient (Wildman–Crippen LogP) is 9.85. The molecule has 0 aliphatic carbocycles. The van der Waals surface area contributed by atoms with Crippen LogP contribution in [0.2, 0.25) is 0 Å². The Bertz CT molecular complexity index is 1450. The first kappa shape index (κ1) is 57.0. The van der Waals surface area contributed by atoms with Gasteiger partial charge in [-0.1, -0.05) is 143 Å². The van der Waals surface area contributed by atoms with Gasteiger partial charge in [0.05, 0.1) is 19.8 Å². The van der Waals surface area contributed by atoms with Gasteiger partial charge >= 0.3 is 16.4 Å². The number of rotatable bonds is 38. The lowest BCUT2D eigenvalue weighted by molar-refractivity contribution is -0.301. The van der Waals surface area contributed by atoms with Gasteiger partial charge in [-0.2, -0.15) is 8.42 Å². The molecule has 1 aliphatic heterocycles. The Morgan fingerprint density at radius 2 is 1.06 bits per heavy atom. The minimum absolute atomic E-state index is 0.00654. The molecule has 12 nitrogen and oxygen atoms in total. The van der Waals surface area contributed by atoms with Crippen molar-refractivity contribution >= 4 is 16.4 Å². The van der Waals surface area contributed by atoms with Gasteiger partial charge in [-0.3, -0.25) is 9.35 Å². The van der Waals surface area contributed by atoms with Gasteiger partial charge in [-0.25, -0.2) is 4.18 Å². The summed E-state index contributed by atoms with van der Waals surface area (Å²) in [7, 11) is -5.08. The number of aliphatic hydroxyl groups is 3. The van der Waals surface area contributed by atoms with E-state index >= 15 is 0 Å². The number of ether oxygens (including phenoxy) is 4. The van der Waals surface area contributed by atoms with Crippen LogP contribution in [0.5, 0.6) is 0 Å². The Morgan fingerprint density at radius 3 is 1.55 bits per heavy atom. The highest BCUT2D eigenvalue weighted by atomic mass is 32.3. The fraction of sp³-hybridized carbons (Fsp3) is 0.653. The molecule has 62 heavy (non-hydrogen) atoms. The quantitative estimate of drug-likeness (QED) is 0.0200. The molecule has 4 N–H and O–H groups in total. The van der Waals surface area contributed by atoms with Crippen molar-refractivity contribution in [3.05, 3.63) is 97.2 Å². The van der Waals surface area contributed by atoms with E-state index in [2.05, 4.69) is 115 Å². The van der Waals surface area contributed by atoms with E-state index in [-0.39, 0.29) is 19.6 Å². The third-order valence-corrected chi connectivity index (χ3v) is 10.2. The van der Waals surface area contributed by atoms with Crippen LogP contribution in [0, 0.1) is 0 Å². The van der Waals surface area contributed by atoms with E-state index < -0.39 is 59.8 Å². The number of carbonyl (C=O) groups is 1. The van der Waals surface area contributed by atoms with Crippen molar-refractivity contribution in [1.82, 2.24) is 0 Å². The number of hydrogen-bond acceptors (Lipinski definition) is 11. The Hall–Kier alpha value is -2.98. The zero-order valence-electron chi connectivity index (χ0n) is 37.6. The van der Waals surface area contributed by atoms with Crippen LogP contribution < -0.4 is 0 Å². The highest BCUT2D eigenvalue weighted by molar-refractivity contribution is 7.80. The van der Waals surface area contributed by atoms with Crippen LogP contribution in [-0.4, -0.2) is 97.5 Å². The molecule has 0 radical (unpaired) electrons.